The van der Waals surface area contributed by atoms with Gasteiger partial charge >= 0.3 is 0 Å². The topological polar surface area (TPSA) is 37.4 Å². The predicted molar refractivity (Wildman–Crippen MR) is 87.8 cm³/mol. The summed E-state index contributed by atoms with van der Waals surface area (Å²) in [5.74, 6) is 1.03. The van der Waals surface area contributed by atoms with E-state index in [2.05, 4.69) is 57.1 Å². The van der Waals surface area contributed by atoms with E-state index in [9.17, 15) is 0 Å². The summed E-state index contributed by atoms with van der Waals surface area (Å²) < 4.78 is 5.70. The third-order valence-electron chi connectivity index (χ3n) is 3.88. The molecule has 0 aromatic carbocycles. The molecule has 1 N–H and O–H groups in total. The standard InChI is InChI=1S/C17H29N3O/c1-13-14(11-18-17(2,3)4)8-9-16(19-13)20(5)12-15-7-6-10-21-15/h8-9,15,18H,6-7,10-12H2,1-5H3. The first-order valence-electron chi connectivity index (χ1n) is 7.89. The van der Waals surface area contributed by atoms with E-state index in [0.29, 0.717) is 6.10 Å². The van der Waals surface area contributed by atoms with Gasteiger partial charge in [-0.25, -0.2) is 4.98 Å². The van der Waals surface area contributed by atoms with Gasteiger partial charge in [-0.2, -0.15) is 0 Å². The highest BCUT2D eigenvalue weighted by molar-refractivity contribution is 5.41. The molecule has 4 heteroatoms. The molecule has 1 fully saturated rings. The van der Waals surface area contributed by atoms with E-state index >= 15 is 0 Å². The number of anilines is 1. The second kappa shape index (κ2) is 6.75. The minimum absolute atomic E-state index is 0.127. The first-order valence-corrected chi connectivity index (χ1v) is 7.89. The Kier molecular flexibility index (Phi) is 5.22. The van der Waals surface area contributed by atoms with Crippen LogP contribution in [0, 0.1) is 6.92 Å². The lowest BCUT2D eigenvalue weighted by atomic mass is 10.1. The van der Waals surface area contributed by atoms with Crippen LogP contribution < -0.4 is 10.2 Å². The minimum Gasteiger partial charge on any atom is -0.376 e. The number of hydrogen-bond acceptors (Lipinski definition) is 4. The lowest BCUT2D eigenvalue weighted by molar-refractivity contribution is 0.116. The molecule has 1 aliphatic heterocycles. The molecule has 0 saturated carbocycles. The van der Waals surface area contributed by atoms with Crippen LogP contribution in [0.5, 0.6) is 0 Å². The molecule has 1 aromatic rings. The first-order chi connectivity index (χ1) is 9.85. The maximum atomic E-state index is 5.70. The molecule has 1 atom stereocenters. The van der Waals surface area contributed by atoms with E-state index in [1.54, 1.807) is 0 Å². The Morgan fingerprint density at radius 1 is 1.38 bits per heavy atom. The molecule has 1 unspecified atom stereocenters. The van der Waals surface area contributed by atoms with Crippen LogP contribution in [0.3, 0.4) is 0 Å². The van der Waals surface area contributed by atoms with Gasteiger partial charge in [0.1, 0.15) is 5.82 Å². The third kappa shape index (κ3) is 4.97. The molecule has 0 amide bonds. The van der Waals surface area contributed by atoms with Crippen molar-refractivity contribution < 1.29 is 4.74 Å². The quantitative estimate of drug-likeness (QED) is 0.905. The van der Waals surface area contributed by atoms with Crippen molar-refractivity contribution in [3.63, 3.8) is 0 Å². The zero-order valence-electron chi connectivity index (χ0n) is 14.1. The molecular weight excluding hydrogens is 262 g/mol. The van der Waals surface area contributed by atoms with Crippen LogP contribution in [0.2, 0.25) is 0 Å². The van der Waals surface area contributed by atoms with Crippen molar-refractivity contribution in [2.45, 2.75) is 58.7 Å². The van der Waals surface area contributed by atoms with Gasteiger partial charge in [-0.15, -0.1) is 0 Å². The lowest BCUT2D eigenvalue weighted by Crippen LogP contribution is -2.35. The monoisotopic (exact) mass is 291 g/mol. The van der Waals surface area contributed by atoms with Gasteiger partial charge in [-0.3, -0.25) is 0 Å². The van der Waals surface area contributed by atoms with E-state index in [-0.39, 0.29) is 5.54 Å². The molecule has 118 valence electrons. The average molecular weight is 291 g/mol. The van der Waals surface area contributed by atoms with E-state index in [1.807, 2.05) is 0 Å². The number of likely N-dealkylation sites (N-methyl/N-ethyl adjacent to an activating group) is 1. The second-order valence-corrected chi connectivity index (χ2v) is 7.03. The highest BCUT2D eigenvalue weighted by atomic mass is 16.5. The number of hydrogen-bond donors (Lipinski definition) is 1. The van der Waals surface area contributed by atoms with E-state index in [1.165, 1.54) is 12.0 Å². The van der Waals surface area contributed by atoms with Crippen molar-refractivity contribution in [1.29, 1.82) is 0 Å². The van der Waals surface area contributed by atoms with Gasteiger partial charge in [0.2, 0.25) is 0 Å². The van der Waals surface area contributed by atoms with Crippen LogP contribution in [-0.4, -0.2) is 36.8 Å². The SMILES string of the molecule is Cc1nc(N(C)CC2CCCO2)ccc1CNC(C)(C)C. The van der Waals surface area contributed by atoms with E-state index in [4.69, 9.17) is 9.72 Å². The predicted octanol–water partition coefficient (Wildman–Crippen LogP) is 2.89. The smallest absolute Gasteiger partial charge is 0.128 e. The van der Waals surface area contributed by atoms with Crippen molar-refractivity contribution >= 4 is 5.82 Å². The van der Waals surface area contributed by atoms with Crippen LogP contribution >= 0.6 is 0 Å². The number of aromatic nitrogens is 1. The highest BCUT2D eigenvalue weighted by Crippen LogP contribution is 2.18. The maximum absolute atomic E-state index is 5.70. The van der Waals surface area contributed by atoms with Crippen molar-refractivity contribution in [1.82, 2.24) is 10.3 Å². The van der Waals surface area contributed by atoms with Gasteiger partial charge in [0.15, 0.2) is 0 Å². The fourth-order valence-electron chi connectivity index (χ4n) is 2.52. The summed E-state index contributed by atoms with van der Waals surface area (Å²) in [6.45, 7) is 11.3. The molecule has 21 heavy (non-hydrogen) atoms. The second-order valence-electron chi connectivity index (χ2n) is 7.03. The summed E-state index contributed by atoms with van der Waals surface area (Å²) in [7, 11) is 2.09. The third-order valence-corrected chi connectivity index (χ3v) is 3.88. The molecular formula is C17H29N3O. The zero-order chi connectivity index (χ0) is 15.5. The van der Waals surface area contributed by atoms with Crippen molar-refractivity contribution in [2.24, 2.45) is 0 Å². The first kappa shape index (κ1) is 16.2. The molecule has 4 nitrogen and oxygen atoms in total. The number of nitrogens with one attached hydrogen (secondary N) is 1. The van der Waals surface area contributed by atoms with Gasteiger partial charge in [-0.1, -0.05) is 6.07 Å². The number of pyridine rings is 1. The molecule has 2 rings (SSSR count). The lowest BCUT2D eigenvalue weighted by Gasteiger charge is -2.24. The Hall–Kier alpha value is -1.13. The minimum atomic E-state index is 0.127. The molecule has 0 spiro atoms. The molecule has 1 aliphatic rings. The Morgan fingerprint density at radius 2 is 2.14 bits per heavy atom. The summed E-state index contributed by atoms with van der Waals surface area (Å²) in [6, 6.07) is 4.30. The average Bonchev–Trinajstić information content (AvgIpc) is 2.89. The van der Waals surface area contributed by atoms with Gasteiger partial charge in [0.05, 0.1) is 6.10 Å². The van der Waals surface area contributed by atoms with Crippen LogP contribution in [0.1, 0.15) is 44.9 Å². The largest absolute Gasteiger partial charge is 0.376 e. The fourth-order valence-corrected chi connectivity index (χ4v) is 2.52. The summed E-state index contributed by atoms with van der Waals surface area (Å²) >= 11 is 0. The van der Waals surface area contributed by atoms with Gasteiger partial charge < -0.3 is 15.0 Å². The van der Waals surface area contributed by atoms with Crippen molar-refractivity contribution in [3.05, 3.63) is 23.4 Å². The Balaban J connectivity index is 1.97. The van der Waals surface area contributed by atoms with Crippen LogP contribution in [-0.2, 0) is 11.3 Å². The molecule has 1 saturated heterocycles. The number of aryl methyl sites for hydroxylation is 1. The van der Waals surface area contributed by atoms with Crippen LogP contribution in [0.25, 0.3) is 0 Å². The summed E-state index contributed by atoms with van der Waals surface area (Å²) in [4.78, 5) is 6.94. The number of nitrogens with zero attached hydrogens (tertiary/aromatic N) is 2. The van der Waals surface area contributed by atoms with Crippen molar-refractivity contribution in [2.75, 3.05) is 25.1 Å². The maximum Gasteiger partial charge on any atom is 0.128 e. The Bertz CT molecular complexity index is 462. The molecule has 0 radical (unpaired) electrons. The van der Waals surface area contributed by atoms with Crippen LogP contribution in [0.4, 0.5) is 5.82 Å². The Morgan fingerprint density at radius 3 is 2.71 bits per heavy atom. The summed E-state index contributed by atoms with van der Waals surface area (Å²) in [5, 5.41) is 3.51. The van der Waals surface area contributed by atoms with E-state index < -0.39 is 0 Å². The Labute approximate surface area is 128 Å². The number of ether oxygens (including phenoxy) is 1. The van der Waals surface area contributed by atoms with Crippen LogP contribution in [0.15, 0.2) is 12.1 Å². The normalized spacial score (nSPS) is 19.0. The molecule has 0 aliphatic carbocycles. The van der Waals surface area contributed by atoms with Gasteiger partial charge in [0.25, 0.3) is 0 Å². The fraction of sp³-hybridized carbons (Fsp3) is 0.706. The van der Waals surface area contributed by atoms with E-state index in [0.717, 1.165) is 37.6 Å². The highest BCUT2D eigenvalue weighted by Gasteiger charge is 2.18. The summed E-state index contributed by atoms with van der Waals surface area (Å²) in [6.07, 6.45) is 2.71. The molecule has 0 bridgehead atoms. The zero-order valence-corrected chi connectivity index (χ0v) is 14.1. The van der Waals surface area contributed by atoms with Gasteiger partial charge in [0, 0.05) is 38.0 Å². The van der Waals surface area contributed by atoms with Crippen molar-refractivity contribution in [3.8, 4) is 0 Å². The number of rotatable bonds is 5. The molecule has 2 heterocycles. The van der Waals surface area contributed by atoms with Gasteiger partial charge in [-0.05, 0) is 52.2 Å². The summed E-state index contributed by atoms with van der Waals surface area (Å²) in [5.41, 5.74) is 2.49. The molecule has 1 aromatic heterocycles.